The molecule has 174 valence electrons. The number of hydrogen-bond donors (Lipinski definition) is 1. The highest BCUT2D eigenvalue weighted by Crippen LogP contribution is 2.31. The molecule has 0 saturated heterocycles. The monoisotopic (exact) mass is 462 g/mol. The predicted octanol–water partition coefficient (Wildman–Crippen LogP) is 5.16. The minimum absolute atomic E-state index is 0.00580. The first-order chi connectivity index (χ1) is 16.2. The fraction of sp³-hybridized carbons (Fsp3) is 0.185. The van der Waals surface area contributed by atoms with Crippen molar-refractivity contribution in [2.45, 2.75) is 20.8 Å². The average Bonchev–Trinajstić information content (AvgIpc) is 3.00. The number of benzene rings is 3. The molecule has 0 aliphatic carbocycles. The van der Waals surface area contributed by atoms with Crippen molar-refractivity contribution < 1.29 is 23.1 Å². The second kappa shape index (κ2) is 9.47. The lowest BCUT2D eigenvalue weighted by atomic mass is 10.0. The number of imide groups is 1. The molecule has 2 amide bonds. The van der Waals surface area contributed by atoms with Gasteiger partial charge in [-0.1, -0.05) is 35.9 Å². The van der Waals surface area contributed by atoms with Crippen molar-refractivity contribution in [1.29, 1.82) is 0 Å². The van der Waals surface area contributed by atoms with Crippen molar-refractivity contribution in [3.8, 4) is 5.75 Å². The number of rotatable bonds is 7. The standard InChI is InChI=1S/C27H24F2N2O3/c1-16-4-6-19(7-5-16)24-25(30-20-8-9-22(28)23(29)15-20)27(33)31(26(24)32)10-11-34-21-13-17(2)12-18(3)14-21/h4-9,12-15,30H,10-11H2,1-3H3. The predicted molar refractivity (Wildman–Crippen MR) is 126 cm³/mol. The molecule has 0 spiro atoms. The van der Waals surface area contributed by atoms with Gasteiger partial charge < -0.3 is 10.1 Å². The van der Waals surface area contributed by atoms with Gasteiger partial charge in [0.25, 0.3) is 11.8 Å². The van der Waals surface area contributed by atoms with Crippen LogP contribution in [0, 0.1) is 32.4 Å². The molecule has 0 aromatic heterocycles. The van der Waals surface area contributed by atoms with Gasteiger partial charge in [-0.3, -0.25) is 14.5 Å². The summed E-state index contributed by atoms with van der Waals surface area (Å²) < 4.78 is 32.9. The number of nitrogens with zero attached hydrogens (tertiary/aromatic N) is 1. The molecule has 1 heterocycles. The highest BCUT2D eigenvalue weighted by molar-refractivity contribution is 6.36. The molecule has 1 N–H and O–H groups in total. The Morgan fingerprint density at radius 3 is 2.12 bits per heavy atom. The second-order valence-corrected chi connectivity index (χ2v) is 8.30. The van der Waals surface area contributed by atoms with E-state index in [1.807, 2.05) is 51.1 Å². The number of halogens is 2. The molecule has 1 aliphatic rings. The van der Waals surface area contributed by atoms with E-state index in [2.05, 4.69) is 5.32 Å². The molecular weight excluding hydrogens is 438 g/mol. The maximum absolute atomic E-state index is 13.7. The number of hydrogen-bond acceptors (Lipinski definition) is 4. The van der Waals surface area contributed by atoms with Gasteiger partial charge in [-0.2, -0.15) is 0 Å². The molecule has 0 saturated carbocycles. The zero-order chi connectivity index (χ0) is 24.4. The van der Waals surface area contributed by atoms with Crippen LogP contribution in [0.1, 0.15) is 22.3 Å². The molecule has 0 atom stereocenters. The van der Waals surface area contributed by atoms with E-state index in [4.69, 9.17) is 4.74 Å². The molecule has 0 unspecified atom stereocenters. The highest BCUT2D eigenvalue weighted by Gasteiger charge is 2.39. The number of carbonyl (C=O) groups is 2. The third-order valence-electron chi connectivity index (χ3n) is 5.48. The van der Waals surface area contributed by atoms with Crippen LogP contribution in [0.5, 0.6) is 5.75 Å². The van der Waals surface area contributed by atoms with Crippen LogP contribution in [0.15, 0.2) is 66.4 Å². The Morgan fingerprint density at radius 2 is 1.47 bits per heavy atom. The molecule has 4 rings (SSSR count). The van der Waals surface area contributed by atoms with E-state index in [9.17, 15) is 18.4 Å². The third kappa shape index (κ3) is 4.83. The summed E-state index contributed by atoms with van der Waals surface area (Å²) in [5, 5.41) is 2.83. The zero-order valence-corrected chi connectivity index (χ0v) is 19.1. The SMILES string of the molecule is Cc1ccc(C2=C(Nc3ccc(F)c(F)c3)C(=O)N(CCOc3cc(C)cc(C)c3)C2=O)cc1. The quantitative estimate of drug-likeness (QED) is 0.493. The van der Waals surface area contributed by atoms with E-state index in [0.717, 1.165) is 33.7 Å². The fourth-order valence-corrected chi connectivity index (χ4v) is 3.87. The lowest BCUT2D eigenvalue weighted by Crippen LogP contribution is -2.36. The van der Waals surface area contributed by atoms with E-state index in [0.29, 0.717) is 11.3 Å². The van der Waals surface area contributed by atoms with Gasteiger partial charge in [-0.15, -0.1) is 0 Å². The molecular formula is C27H24F2N2O3. The topological polar surface area (TPSA) is 58.6 Å². The van der Waals surface area contributed by atoms with Crippen LogP contribution in [0.4, 0.5) is 14.5 Å². The lowest BCUT2D eigenvalue weighted by molar-refractivity contribution is -0.137. The van der Waals surface area contributed by atoms with Gasteiger partial charge in [0.05, 0.1) is 12.1 Å². The molecule has 1 aliphatic heterocycles. The number of aryl methyl sites for hydroxylation is 3. The van der Waals surface area contributed by atoms with Crippen LogP contribution in [0.3, 0.4) is 0 Å². The summed E-state index contributed by atoms with van der Waals surface area (Å²) in [6.07, 6.45) is 0. The summed E-state index contributed by atoms with van der Waals surface area (Å²) in [5.74, 6) is -2.45. The van der Waals surface area contributed by atoms with E-state index in [1.54, 1.807) is 12.1 Å². The Hall–Kier alpha value is -4.00. The van der Waals surface area contributed by atoms with E-state index >= 15 is 0 Å². The second-order valence-electron chi connectivity index (χ2n) is 8.30. The van der Waals surface area contributed by atoms with Crippen molar-refractivity contribution in [3.05, 3.63) is 100 Å². The van der Waals surface area contributed by atoms with Gasteiger partial charge in [-0.05, 0) is 61.7 Å². The Kier molecular flexibility index (Phi) is 6.45. The molecule has 3 aromatic carbocycles. The molecule has 3 aromatic rings. The molecule has 5 nitrogen and oxygen atoms in total. The van der Waals surface area contributed by atoms with E-state index < -0.39 is 23.4 Å². The third-order valence-corrected chi connectivity index (χ3v) is 5.48. The Morgan fingerprint density at radius 1 is 0.794 bits per heavy atom. The van der Waals surface area contributed by atoms with Crippen molar-refractivity contribution in [2.24, 2.45) is 0 Å². The van der Waals surface area contributed by atoms with Crippen LogP contribution in [0.2, 0.25) is 0 Å². The van der Waals surface area contributed by atoms with Gasteiger partial charge in [0.1, 0.15) is 18.1 Å². The maximum Gasteiger partial charge on any atom is 0.278 e. The number of nitrogens with one attached hydrogen (secondary N) is 1. The number of carbonyl (C=O) groups excluding carboxylic acids is 2. The smallest absolute Gasteiger partial charge is 0.278 e. The first-order valence-corrected chi connectivity index (χ1v) is 10.8. The van der Waals surface area contributed by atoms with E-state index in [-0.39, 0.29) is 30.1 Å². The van der Waals surface area contributed by atoms with Gasteiger partial charge in [0.2, 0.25) is 0 Å². The Labute approximate surface area is 196 Å². The van der Waals surface area contributed by atoms with E-state index in [1.165, 1.54) is 6.07 Å². The van der Waals surface area contributed by atoms with Crippen molar-refractivity contribution in [1.82, 2.24) is 4.90 Å². The average molecular weight is 462 g/mol. The van der Waals surface area contributed by atoms with Crippen molar-refractivity contribution in [2.75, 3.05) is 18.5 Å². The zero-order valence-electron chi connectivity index (χ0n) is 19.1. The molecule has 34 heavy (non-hydrogen) atoms. The minimum Gasteiger partial charge on any atom is -0.492 e. The first-order valence-electron chi connectivity index (χ1n) is 10.8. The van der Waals surface area contributed by atoms with Crippen LogP contribution >= 0.6 is 0 Å². The van der Waals surface area contributed by atoms with Gasteiger partial charge >= 0.3 is 0 Å². The number of ether oxygens (including phenoxy) is 1. The Balaban J connectivity index is 1.60. The van der Waals surface area contributed by atoms with Gasteiger partial charge in [0.15, 0.2) is 11.6 Å². The molecule has 0 bridgehead atoms. The largest absolute Gasteiger partial charge is 0.492 e. The summed E-state index contributed by atoms with van der Waals surface area (Å²) in [7, 11) is 0. The summed E-state index contributed by atoms with van der Waals surface area (Å²) in [5.41, 5.74) is 3.97. The highest BCUT2D eigenvalue weighted by atomic mass is 19.2. The van der Waals surface area contributed by atoms with Crippen molar-refractivity contribution >= 4 is 23.1 Å². The van der Waals surface area contributed by atoms with Crippen LogP contribution in [-0.2, 0) is 9.59 Å². The first kappa shape index (κ1) is 23.2. The minimum atomic E-state index is -1.06. The maximum atomic E-state index is 13.7. The summed E-state index contributed by atoms with van der Waals surface area (Å²) in [6.45, 7) is 5.97. The van der Waals surface area contributed by atoms with Gasteiger partial charge in [-0.25, -0.2) is 8.78 Å². The number of amides is 2. The van der Waals surface area contributed by atoms with Crippen molar-refractivity contribution in [3.63, 3.8) is 0 Å². The summed E-state index contributed by atoms with van der Waals surface area (Å²) in [4.78, 5) is 27.6. The normalized spacial score (nSPS) is 13.6. The molecule has 0 radical (unpaired) electrons. The molecule has 7 heteroatoms. The lowest BCUT2D eigenvalue weighted by Gasteiger charge is -2.16. The van der Waals surface area contributed by atoms with Crippen LogP contribution < -0.4 is 10.1 Å². The van der Waals surface area contributed by atoms with Gasteiger partial charge in [0, 0.05) is 11.8 Å². The summed E-state index contributed by atoms with van der Waals surface area (Å²) in [6, 6.07) is 16.2. The molecule has 0 fully saturated rings. The fourth-order valence-electron chi connectivity index (χ4n) is 3.87. The summed E-state index contributed by atoms with van der Waals surface area (Å²) >= 11 is 0. The Bertz CT molecular complexity index is 1280. The number of anilines is 1. The van der Waals surface area contributed by atoms with Crippen LogP contribution in [-0.4, -0.2) is 29.9 Å². The van der Waals surface area contributed by atoms with Crippen LogP contribution in [0.25, 0.3) is 5.57 Å².